The molecule has 0 saturated carbocycles. The molecular formula is C18H16N2O6. The van der Waals surface area contributed by atoms with E-state index in [1.54, 1.807) is 24.3 Å². The van der Waals surface area contributed by atoms with Gasteiger partial charge in [-0.05, 0) is 36.4 Å². The number of non-ortho nitro benzene ring substituents is 1. The summed E-state index contributed by atoms with van der Waals surface area (Å²) in [6.07, 6.45) is 1.08. The number of benzene rings is 2. The highest BCUT2D eigenvalue weighted by molar-refractivity contribution is 6.09. The number of esters is 1. The number of anilines is 1. The van der Waals surface area contributed by atoms with Gasteiger partial charge in [0.05, 0.1) is 19.1 Å². The van der Waals surface area contributed by atoms with Crippen molar-refractivity contribution in [1.29, 1.82) is 0 Å². The van der Waals surface area contributed by atoms with Gasteiger partial charge in [0, 0.05) is 29.5 Å². The van der Waals surface area contributed by atoms with E-state index in [-0.39, 0.29) is 16.9 Å². The first kappa shape index (κ1) is 18.7. The molecule has 0 unspecified atom stereocenters. The maximum absolute atomic E-state index is 12.3. The van der Waals surface area contributed by atoms with Crippen molar-refractivity contribution in [1.82, 2.24) is 0 Å². The van der Waals surface area contributed by atoms with Crippen LogP contribution in [-0.4, -0.2) is 30.9 Å². The number of ether oxygens (including phenoxy) is 2. The van der Waals surface area contributed by atoms with Crippen molar-refractivity contribution in [2.75, 3.05) is 19.5 Å². The van der Waals surface area contributed by atoms with Crippen LogP contribution in [0.1, 0.15) is 10.4 Å². The number of rotatable bonds is 7. The fourth-order valence-electron chi connectivity index (χ4n) is 2.05. The van der Waals surface area contributed by atoms with Crippen molar-refractivity contribution in [2.24, 2.45) is 0 Å². The predicted octanol–water partition coefficient (Wildman–Crippen LogP) is 2.96. The summed E-state index contributed by atoms with van der Waals surface area (Å²) in [5.74, 6) is -0.585. The van der Waals surface area contributed by atoms with E-state index in [0.717, 1.165) is 6.08 Å². The summed E-state index contributed by atoms with van der Waals surface area (Å²) in [7, 11) is 2.73. The van der Waals surface area contributed by atoms with Crippen molar-refractivity contribution in [3.05, 3.63) is 76.0 Å². The predicted molar refractivity (Wildman–Crippen MR) is 94.1 cm³/mol. The Morgan fingerprint density at radius 1 is 1.04 bits per heavy atom. The molecule has 0 amide bonds. The SMILES string of the molecule is COC(=O)/C(=C/C(=O)c1ccc([N+](=O)[O-])cc1)Nc1ccc(OC)cc1. The summed E-state index contributed by atoms with van der Waals surface area (Å²) in [5.41, 5.74) is 0.559. The van der Waals surface area contributed by atoms with Crippen molar-refractivity contribution in [3.63, 3.8) is 0 Å². The van der Waals surface area contributed by atoms with Gasteiger partial charge in [-0.1, -0.05) is 0 Å². The van der Waals surface area contributed by atoms with Crippen molar-refractivity contribution in [3.8, 4) is 5.75 Å². The third kappa shape index (κ3) is 4.67. The van der Waals surface area contributed by atoms with Crippen LogP contribution in [0.4, 0.5) is 11.4 Å². The first-order valence-electron chi connectivity index (χ1n) is 7.44. The summed E-state index contributed by atoms with van der Waals surface area (Å²) in [6.45, 7) is 0. The van der Waals surface area contributed by atoms with Crippen LogP contribution in [0.25, 0.3) is 0 Å². The van der Waals surface area contributed by atoms with E-state index < -0.39 is 16.7 Å². The monoisotopic (exact) mass is 356 g/mol. The summed E-state index contributed by atoms with van der Waals surface area (Å²) in [5, 5.41) is 13.5. The average Bonchev–Trinajstić information content (AvgIpc) is 2.67. The second-order valence-electron chi connectivity index (χ2n) is 5.07. The van der Waals surface area contributed by atoms with Gasteiger partial charge < -0.3 is 14.8 Å². The standard InChI is InChI=1S/C18H16N2O6/c1-25-15-9-5-13(6-10-15)19-16(18(22)26-2)11-17(21)12-3-7-14(8-4-12)20(23)24/h3-11,19H,1-2H3/b16-11-. The molecule has 2 rings (SSSR count). The van der Waals surface area contributed by atoms with Crippen molar-refractivity contribution in [2.45, 2.75) is 0 Å². The second kappa shape index (κ2) is 8.43. The number of methoxy groups -OCH3 is 2. The van der Waals surface area contributed by atoms with Gasteiger partial charge in [0.2, 0.25) is 0 Å². The summed E-state index contributed by atoms with van der Waals surface area (Å²) in [4.78, 5) is 34.4. The van der Waals surface area contributed by atoms with Gasteiger partial charge in [-0.3, -0.25) is 14.9 Å². The van der Waals surface area contributed by atoms with Gasteiger partial charge >= 0.3 is 5.97 Å². The minimum atomic E-state index is -0.726. The molecule has 0 aliphatic heterocycles. The van der Waals surface area contributed by atoms with Crippen molar-refractivity contribution < 1.29 is 24.0 Å². The lowest BCUT2D eigenvalue weighted by atomic mass is 10.1. The number of nitrogens with one attached hydrogen (secondary N) is 1. The summed E-state index contributed by atoms with van der Waals surface area (Å²) < 4.78 is 9.74. The Hall–Kier alpha value is -3.68. The first-order chi connectivity index (χ1) is 12.4. The highest BCUT2D eigenvalue weighted by atomic mass is 16.6. The van der Waals surface area contributed by atoms with Crippen LogP contribution >= 0.6 is 0 Å². The molecule has 0 aliphatic carbocycles. The third-order valence-electron chi connectivity index (χ3n) is 3.41. The van der Waals surface area contributed by atoms with Crippen molar-refractivity contribution >= 4 is 23.1 Å². The molecule has 8 nitrogen and oxygen atoms in total. The van der Waals surface area contributed by atoms with Gasteiger partial charge in [0.1, 0.15) is 11.4 Å². The van der Waals surface area contributed by atoms with E-state index in [2.05, 4.69) is 10.1 Å². The Morgan fingerprint density at radius 2 is 1.65 bits per heavy atom. The molecule has 8 heteroatoms. The number of carbonyl (C=O) groups is 2. The number of hydrogen-bond donors (Lipinski definition) is 1. The largest absolute Gasteiger partial charge is 0.497 e. The minimum absolute atomic E-state index is 0.0685. The van der Waals surface area contributed by atoms with E-state index in [4.69, 9.17) is 4.74 Å². The molecule has 0 spiro atoms. The van der Waals surface area contributed by atoms with Crippen LogP contribution in [0.15, 0.2) is 60.3 Å². The van der Waals surface area contributed by atoms with Gasteiger partial charge in [-0.25, -0.2) is 4.79 Å². The molecular weight excluding hydrogens is 340 g/mol. The van der Waals surface area contributed by atoms with Crippen LogP contribution in [0.3, 0.4) is 0 Å². The van der Waals surface area contributed by atoms with Crippen LogP contribution in [0.2, 0.25) is 0 Å². The van der Waals surface area contributed by atoms with Gasteiger partial charge in [-0.15, -0.1) is 0 Å². The van der Waals surface area contributed by atoms with E-state index >= 15 is 0 Å². The molecule has 0 heterocycles. The lowest BCUT2D eigenvalue weighted by Gasteiger charge is -2.10. The molecule has 0 radical (unpaired) electrons. The van der Waals surface area contributed by atoms with E-state index in [9.17, 15) is 19.7 Å². The van der Waals surface area contributed by atoms with Crippen LogP contribution in [0, 0.1) is 10.1 Å². The highest BCUT2D eigenvalue weighted by Gasteiger charge is 2.14. The molecule has 2 aromatic carbocycles. The summed E-state index contributed by atoms with van der Waals surface area (Å²) in [6, 6.07) is 11.8. The molecule has 0 atom stereocenters. The molecule has 0 saturated heterocycles. The normalized spacial score (nSPS) is 10.8. The van der Waals surface area contributed by atoms with Gasteiger partial charge in [-0.2, -0.15) is 0 Å². The minimum Gasteiger partial charge on any atom is -0.497 e. The highest BCUT2D eigenvalue weighted by Crippen LogP contribution is 2.18. The topological polar surface area (TPSA) is 108 Å². The number of nitro groups is 1. The lowest BCUT2D eigenvalue weighted by molar-refractivity contribution is -0.384. The Kier molecular flexibility index (Phi) is 6.05. The van der Waals surface area contributed by atoms with Gasteiger partial charge in [0.15, 0.2) is 5.78 Å². The van der Waals surface area contributed by atoms with Gasteiger partial charge in [0.25, 0.3) is 5.69 Å². The molecule has 2 aromatic rings. The average molecular weight is 356 g/mol. The zero-order chi connectivity index (χ0) is 19.1. The van der Waals surface area contributed by atoms with Crippen LogP contribution in [-0.2, 0) is 9.53 Å². The van der Waals surface area contributed by atoms with Crippen LogP contribution in [0.5, 0.6) is 5.75 Å². The number of hydrogen-bond acceptors (Lipinski definition) is 7. The fourth-order valence-corrected chi connectivity index (χ4v) is 2.05. The summed E-state index contributed by atoms with van der Waals surface area (Å²) >= 11 is 0. The van der Waals surface area contributed by atoms with E-state index in [1.807, 2.05) is 0 Å². The quantitative estimate of drug-likeness (QED) is 0.267. The van der Waals surface area contributed by atoms with E-state index in [0.29, 0.717) is 11.4 Å². The number of ketones is 1. The number of allylic oxidation sites excluding steroid dienone is 1. The molecule has 26 heavy (non-hydrogen) atoms. The number of nitro benzene ring substituents is 1. The molecule has 0 aliphatic rings. The van der Waals surface area contributed by atoms with Crippen LogP contribution < -0.4 is 10.1 Å². The Bertz CT molecular complexity index is 841. The van der Waals surface area contributed by atoms with E-state index in [1.165, 1.54) is 38.5 Å². The molecule has 134 valence electrons. The Labute approximate surface area is 149 Å². The smallest absolute Gasteiger partial charge is 0.354 e. The number of nitrogens with zero attached hydrogens (tertiary/aromatic N) is 1. The first-order valence-corrected chi connectivity index (χ1v) is 7.44. The molecule has 0 aromatic heterocycles. The third-order valence-corrected chi connectivity index (χ3v) is 3.41. The fraction of sp³-hybridized carbons (Fsp3) is 0.111. The zero-order valence-electron chi connectivity index (χ0n) is 14.1. The number of carbonyl (C=O) groups excluding carboxylic acids is 2. The maximum Gasteiger partial charge on any atom is 0.354 e. The molecule has 1 N–H and O–H groups in total. The zero-order valence-corrected chi connectivity index (χ0v) is 14.1. The second-order valence-corrected chi connectivity index (χ2v) is 5.07. The maximum atomic E-state index is 12.3. The Morgan fingerprint density at radius 3 is 2.15 bits per heavy atom. The molecule has 0 fully saturated rings. The lowest BCUT2D eigenvalue weighted by Crippen LogP contribution is -2.15. The molecule has 0 bridgehead atoms. The Balaban J connectivity index is 2.25.